The van der Waals surface area contributed by atoms with Crippen molar-refractivity contribution in [1.82, 2.24) is 5.32 Å². The molecule has 1 N–H and O–H groups in total. The summed E-state index contributed by atoms with van der Waals surface area (Å²) in [5.74, 6) is 0.954. The van der Waals surface area contributed by atoms with Gasteiger partial charge in [0.25, 0.3) is 0 Å². The lowest BCUT2D eigenvalue weighted by Gasteiger charge is -2.14. The Balaban J connectivity index is 2.33. The highest BCUT2D eigenvalue weighted by molar-refractivity contribution is 5.30. The van der Waals surface area contributed by atoms with E-state index in [1.807, 2.05) is 19.2 Å². The van der Waals surface area contributed by atoms with Crippen molar-refractivity contribution in [3.63, 3.8) is 0 Å². The van der Waals surface area contributed by atoms with Gasteiger partial charge in [-0.1, -0.05) is 31.2 Å². The van der Waals surface area contributed by atoms with Crippen molar-refractivity contribution in [3.8, 4) is 0 Å². The van der Waals surface area contributed by atoms with Crippen LogP contribution in [0.1, 0.15) is 29.9 Å². The van der Waals surface area contributed by atoms with Gasteiger partial charge in [-0.25, -0.2) is 0 Å². The van der Waals surface area contributed by atoms with Crippen molar-refractivity contribution in [2.45, 2.75) is 19.4 Å². The van der Waals surface area contributed by atoms with Gasteiger partial charge < -0.3 is 9.73 Å². The highest BCUT2D eigenvalue weighted by atomic mass is 16.3. The second kappa shape index (κ2) is 4.99. The third-order valence-electron chi connectivity index (χ3n) is 2.81. The lowest BCUT2D eigenvalue weighted by Crippen LogP contribution is -2.17. The first-order valence-corrected chi connectivity index (χ1v) is 5.64. The second-order valence-electron chi connectivity index (χ2n) is 3.84. The highest BCUT2D eigenvalue weighted by Crippen LogP contribution is 2.22. The first kappa shape index (κ1) is 11.0. The van der Waals surface area contributed by atoms with Crippen LogP contribution in [0.4, 0.5) is 0 Å². The van der Waals surface area contributed by atoms with Crippen LogP contribution in [0.2, 0.25) is 0 Å². The average molecular weight is 215 g/mol. The van der Waals surface area contributed by atoms with Crippen molar-refractivity contribution in [3.05, 3.63) is 59.5 Å². The maximum atomic E-state index is 5.45. The monoisotopic (exact) mass is 215 g/mol. The fourth-order valence-corrected chi connectivity index (χ4v) is 1.92. The van der Waals surface area contributed by atoms with E-state index >= 15 is 0 Å². The van der Waals surface area contributed by atoms with Crippen molar-refractivity contribution in [2.75, 3.05) is 7.05 Å². The molecule has 2 aromatic rings. The number of rotatable bonds is 4. The molecule has 1 aromatic carbocycles. The maximum Gasteiger partial charge on any atom is 0.125 e. The van der Waals surface area contributed by atoms with E-state index in [0.29, 0.717) is 0 Å². The minimum Gasteiger partial charge on any atom is -0.467 e. The fourth-order valence-electron chi connectivity index (χ4n) is 1.92. The Hall–Kier alpha value is -1.54. The zero-order chi connectivity index (χ0) is 11.4. The fraction of sp³-hybridized carbons (Fsp3) is 0.286. The number of furan rings is 1. The summed E-state index contributed by atoms with van der Waals surface area (Å²) in [7, 11) is 1.95. The molecular formula is C14H17NO. The third-order valence-corrected chi connectivity index (χ3v) is 2.81. The van der Waals surface area contributed by atoms with Crippen LogP contribution in [0.5, 0.6) is 0 Å². The molecule has 0 spiro atoms. The normalized spacial score (nSPS) is 12.6. The number of hydrogen-bond acceptors (Lipinski definition) is 2. The molecule has 0 bridgehead atoms. The molecule has 2 rings (SSSR count). The molecule has 0 fully saturated rings. The lowest BCUT2D eigenvalue weighted by molar-refractivity contribution is 0.463. The maximum absolute atomic E-state index is 5.45. The number of aryl methyl sites for hydroxylation is 1. The quantitative estimate of drug-likeness (QED) is 0.847. The van der Waals surface area contributed by atoms with Gasteiger partial charge in [0.2, 0.25) is 0 Å². The summed E-state index contributed by atoms with van der Waals surface area (Å²) in [6.07, 6.45) is 2.77. The van der Waals surface area contributed by atoms with E-state index in [-0.39, 0.29) is 6.04 Å². The lowest BCUT2D eigenvalue weighted by atomic mass is 10.0. The van der Waals surface area contributed by atoms with Gasteiger partial charge in [0, 0.05) is 0 Å². The summed E-state index contributed by atoms with van der Waals surface area (Å²) >= 11 is 0. The molecule has 2 nitrogen and oxygen atoms in total. The molecule has 1 unspecified atom stereocenters. The first-order valence-electron chi connectivity index (χ1n) is 5.64. The molecule has 84 valence electrons. The van der Waals surface area contributed by atoms with Gasteiger partial charge in [-0.05, 0) is 36.7 Å². The number of hydrogen-bond donors (Lipinski definition) is 1. The summed E-state index contributed by atoms with van der Waals surface area (Å²) in [6.45, 7) is 2.17. The van der Waals surface area contributed by atoms with Crippen LogP contribution in [0, 0.1) is 0 Å². The zero-order valence-electron chi connectivity index (χ0n) is 9.73. The zero-order valence-corrected chi connectivity index (χ0v) is 9.73. The van der Waals surface area contributed by atoms with Crippen LogP contribution in [0.3, 0.4) is 0 Å². The molecule has 1 heterocycles. The van der Waals surface area contributed by atoms with Gasteiger partial charge in [-0.3, -0.25) is 0 Å². The smallest absolute Gasteiger partial charge is 0.125 e. The van der Waals surface area contributed by atoms with Gasteiger partial charge in [0.05, 0.1) is 12.3 Å². The van der Waals surface area contributed by atoms with Crippen LogP contribution in [-0.2, 0) is 6.42 Å². The van der Waals surface area contributed by atoms with Crippen LogP contribution in [0.15, 0.2) is 47.1 Å². The summed E-state index contributed by atoms with van der Waals surface area (Å²) in [6, 6.07) is 12.7. The van der Waals surface area contributed by atoms with Crippen molar-refractivity contribution in [1.29, 1.82) is 0 Å². The number of benzene rings is 1. The summed E-state index contributed by atoms with van der Waals surface area (Å²) in [5.41, 5.74) is 2.60. The van der Waals surface area contributed by atoms with Crippen LogP contribution >= 0.6 is 0 Å². The molecule has 16 heavy (non-hydrogen) atoms. The minimum absolute atomic E-state index is 0.140. The number of nitrogens with one attached hydrogen (secondary N) is 1. The van der Waals surface area contributed by atoms with Gasteiger partial charge in [-0.2, -0.15) is 0 Å². The van der Waals surface area contributed by atoms with E-state index in [2.05, 4.69) is 36.5 Å². The molecule has 1 aromatic heterocycles. The van der Waals surface area contributed by atoms with E-state index in [0.717, 1.165) is 12.2 Å². The Morgan fingerprint density at radius 3 is 2.75 bits per heavy atom. The van der Waals surface area contributed by atoms with E-state index in [4.69, 9.17) is 4.42 Å². The minimum atomic E-state index is 0.140. The molecule has 1 atom stereocenters. The predicted molar refractivity (Wildman–Crippen MR) is 65.4 cm³/mol. The summed E-state index contributed by atoms with van der Waals surface area (Å²) in [4.78, 5) is 0. The molecule has 0 aliphatic rings. The molecular weight excluding hydrogens is 198 g/mol. The van der Waals surface area contributed by atoms with Gasteiger partial charge in [-0.15, -0.1) is 0 Å². The van der Waals surface area contributed by atoms with E-state index in [9.17, 15) is 0 Å². The predicted octanol–water partition coefficient (Wildman–Crippen LogP) is 3.15. The largest absolute Gasteiger partial charge is 0.467 e. The molecule has 0 saturated carbocycles. The summed E-state index contributed by atoms with van der Waals surface area (Å²) in [5, 5.41) is 3.28. The highest BCUT2D eigenvalue weighted by Gasteiger charge is 2.14. The SMILES string of the molecule is CCc1cccc(C(NC)c2ccco2)c1. The molecule has 2 heteroatoms. The van der Waals surface area contributed by atoms with Gasteiger partial charge in [0.15, 0.2) is 0 Å². The molecule has 0 radical (unpaired) electrons. The van der Waals surface area contributed by atoms with Crippen LogP contribution < -0.4 is 5.32 Å². The Kier molecular flexibility index (Phi) is 3.42. The Labute approximate surface area is 96.3 Å². The van der Waals surface area contributed by atoms with Gasteiger partial charge >= 0.3 is 0 Å². The first-order chi connectivity index (χ1) is 7.85. The van der Waals surface area contributed by atoms with Crippen LogP contribution in [-0.4, -0.2) is 7.05 Å². The average Bonchev–Trinajstić information content (AvgIpc) is 2.84. The van der Waals surface area contributed by atoms with E-state index in [1.54, 1.807) is 6.26 Å². The van der Waals surface area contributed by atoms with Crippen LogP contribution in [0.25, 0.3) is 0 Å². The van der Waals surface area contributed by atoms with Crippen molar-refractivity contribution >= 4 is 0 Å². The molecule has 0 aliphatic heterocycles. The Bertz CT molecular complexity index is 434. The van der Waals surface area contributed by atoms with Crippen molar-refractivity contribution < 1.29 is 4.42 Å². The second-order valence-corrected chi connectivity index (χ2v) is 3.84. The standard InChI is InChI=1S/C14H17NO/c1-3-11-6-4-7-12(10-11)14(15-2)13-8-5-9-16-13/h4-10,14-15H,3H2,1-2H3. The molecule has 0 amide bonds. The third kappa shape index (κ3) is 2.17. The summed E-state index contributed by atoms with van der Waals surface area (Å²) < 4.78 is 5.45. The van der Waals surface area contributed by atoms with Crippen molar-refractivity contribution in [2.24, 2.45) is 0 Å². The Morgan fingerprint density at radius 1 is 1.25 bits per heavy atom. The van der Waals surface area contributed by atoms with Gasteiger partial charge in [0.1, 0.15) is 5.76 Å². The molecule has 0 aliphatic carbocycles. The van der Waals surface area contributed by atoms with E-state index < -0.39 is 0 Å². The Morgan fingerprint density at radius 2 is 2.12 bits per heavy atom. The topological polar surface area (TPSA) is 25.2 Å². The van der Waals surface area contributed by atoms with E-state index in [1.165, 1.54) is 11.1 Å². The molecule has 0 saturated heterocycles.